The van der Waals surface area contributed by atoms with Crippen LogP contribution in [0.2, 0.25) is 0 Å². The van der Waals surface area contributed by atoms with E-state index < -0.39 is 0 Å². The van der Waals surface area contributed by atoms with Gasteiger partial charge in [-0.25, -0.2) is 0 Å². The van der Waals surface area contributed by atoms with Gasteiger partial charge in [0.1, 0.15) is 0 Å². The summed E-state index contributed by atoms with van der Waals surface area (Å²) in [6, 6.07) is 13.3. The van der Waals surface area contributed by atoms with E-state index in [0.717, 1.165) is 18.8 Å². The molecule has 2 atom stereocenters. The quantitative estimate of drug-likeness (QED) is 0.765. The zero-order valence-corrected chi connectivity index (χ0v) is 11.0. The van der Waals surface area contributed by atoms with E-state index in [9.17, 15) is 0 Å². The molecule has 3 rings (SSSR count). The SMILES string of the molecule is c1ccc(C(NCC2CCCN2)c2ccn[nH]2)cc1. The van der Waals surface area contributed by atoms with E-state index in [1.54, 1.807) is 6.20 Å². The van der Waals surface area contributed by atoms with Crippen molar-refractivity contribution in [2.45, 2.75) is 24.9 Å². The molecule has 0 bridgehead atoms. The van der Waals surface area contributed by atoms with Crippen molar-refractivity contribution >= 4 is 0 Å². The normalized spacial score (nSPS) is 20.5. The molecule has 1 aromatic heterocycles. The minimum atomic E-state index is 0.186. The summed E-state index contributed by atoms with van der Waals surface area (Å²) in [5.41, 5.74) is 2.38. The Labute approximate surface area is 113 Å². The van der Waals surface area contributed by atoms with Crippen molar-refractivity contribution in [1.29, 1.82) is 0 Å². The van der Waals surface area contributed by atoms with Crippen molar-refractivity contribution in [3.63, 3.8) is 0 Å². The van der Waals surface area contributed by atoms with Crippen LogP contribution in [-0.2, 0) is 0 Å². The number of H-pyrrole nitrogens is 1. The molecule has 4 nitrogen and oxygen atoms in total. The molecule has 3 N–H and O–H groups in total. The van der Waals surface area contributed by atoms with E-state index in [0.29, 0.717) is 6.04 Å². The molecule has 19 heavy (non-hydrogen) atoms. The topological polar surface area (TPSA) is 52.7 Å². The molecule has 0 radical (unpaired) electrons. The first-order valence-electron chi connectivity index (χ1n) is 6.94. The van der Waals surface area contributed by atoms with Gasteiger partial charge in [-0.15, -0.1) is 0 Å². The van der Waals surface area contributed by atoms with Gasteiger partial charge in [0.15, 0.2) is 0 Å². The molecule has 4 heteroatoms. The molecule has 1 aliphatic rings. The Morgan fingerprint density at radius 2 is 2.16 bits per heavy atom. The molecule has 1 fully saturated rings. The molecule has 0 saturated carbocycles. The van der Waals surface area contributed by atoms with Gasteiger partial charge in [0.25, 0.3) is 0 Å². The lowest BCUT2D eigenvalue weighted by Crippen LogP contribution is -2.36. The third kappa shape index (κ3) is 3.03. The van der Waals surface area contributed by atoms with Crippen LogP contribution in [-0.4, -0.2) is 29.3 Å². The average Bonchev–Trinajstić information content (AvgIpc) is 3.13. The lowest BCUT2D eigenvalue weighted by molar-refractivity contribution is 0.498. The van der Waals surface area contributed by atoms with Crippen LogP contribution >= 0.6 is 0 Å². The summed E-state index contributed by atoms with van der Waals surface area (Å²) < 4.78 is 0. The predicted molar refractivity (Wildman–Crippen MR) is 75.9 cm³/mol. The molecule has 1 aromatic carbocycles. The largest absolute Gasteiger partial charge is 0.313 e. The van der Waals surface area contributed by atoms with Gasteiger partial charge in [-0.1, -0.05) is 30.3 Å². The Morgan fingerprint density at radius 3 is 2.84 bits per heavy atom. The van der Waals surface area contributed by atoms with Crippen molar-refractivity contribution < 1.29 is 0 Å². The third-order valence-electron chi connectivity index (χ3n) is 3.70. The van der Waals surface area contributed by atoms with Crippen LogP contribution in [0.1, 0.15) is 30.1 Å². The summed E-state index contributed by atoms with van der Waals surface area (Å²) in [4.78, 5) is 0. The van der Waals surface area contributed by atoms with E-state index in [1.165, 1.54) is 18.4 Å². The van der Waals surface area contributed by atoms with Gasteiger partial charge in [0.05, 0.1) is 11.7 Å². The van der Waals surface area contributed by atoms with Gasteiger partial charge < -0.3 is 10.6 Å². The van der Waals surface area contributed by atoms with E-state index >= 15 is 0 Å². The second-order valence-electron chi connectivity index (χ2n) is 5.06. The summed E-state index contributed by atoms with van der Waals surface area (Å²) >= 11 is 0. The molecule has 1 aliphatic heterocycles. The number of aromatic nitrogens is 2. The van der Waals surface area contributed by atoms with Crippen LogP contribution in [0.4, 0.5) is 0 Å². The van der Waals surface area contributed by atoms with Gasteiger partial charge >= 0.3 is 0 Å². The van der Waals surface area contributed by atoms with Crippen molar-refractivity contribution in [2.75, 3.05) is 13.1 Å². The van der Waals surface area contributed by atoms with Crippen LogP contribution in [0, 0.1) is 0 Å². The molecule has 2 aromatic rings. The highest BCUT2D eigenvalue weighted by Gasteiger charge is 2.19. The summed E-state index contributed by atoms with van der Waals surface area (Å²) in [5.74, 6) is 0. The standard InChI is InChI=1S/C15H20N4/c1-2-5-12(6-3-1)15(14-8-10-18-19-14)17-11-13-7-4-9-16-13/h1-3,5-6,8,10,13,15-17H,4,7,9,11H2,(H,18,19). The minimum Gasteiger partial charge on any atom is -0.313 e. The van der Waals surface area contributed by atoms with Crippen molar-refractivity contribution in [2.24, 2.45) is 0 Å². The Kier molecular flexibility index (Phi) is 3.91. The highest BCUT2D eigenvalue weighted by atomic mass is 15.1. The maximum atomic E-state index is 4.07. The Morgan fingerprint density at radius 1 is 1.26 bits per heavy atom. The first kappa shape index (κ1) is 12.4. The molecule has 2 heterocycles. The number of rotatable bonds is 5. The molecular weight excluding hydrogens is 236 g/mol. The average molecular weight is 256 g/mol. The maximum absolute atomic E-state index is 4.07. The molecule has 0 aliphatic carbocycles. The second-order valence-corrected chi connectivity index (χ2v) is 5.06. The van der Waals surface area contributed by atoms with Crippen LogP contribution in [0.25, 0.3) is 0 Å². The number of aromatic amines is 1. The summed E-state index contributed by atoms with van der Waals surface area (Å²) in [5, 5.41) is 14.3. The van der Waals surface area contributed by atoms with Gasteiger partial charge in [0.2, 0.25) is 0 Å². The Bertz CT molecular complexity index is 474. The van der Waals surface area contributed by atoms with E-state index in [1.807, 2.05) is 12.1 Å². The molecular formula is C15H20N4. The number of benzene rings is 1. The first-order chi connectivity index (χ1) is 9.43. The van der Waals surface area contributed by atoms with E-state index in [-0.39, 0.29) is 6.04 Å². The molecule has 0 amide bonds. The number of nitrogens with zero attached hydrogens (tertiary/aromatic N) is 1. The van der Waals surface area contributed by atoms with Crippen molar-refractivity contribution in [3.05, 3.63) is 53.9 Å². The van der Waals surface area contributed by atoms with Gasteiger partial charge in [-0.05, 0) is 31.0 Å². The minimum absolute atomic E-state index is 0.186. The number of hydrogen-bond donors (Lipinski definition) is 3. The summed E-state index contributed by atoms with van der Waals surface area (Å²) in [6.45, 7) is 2.13. The highest BCUT2D eigenvalue weighted by Crippen LogP contribution is 2.20. The zero-order valence-electron chi connectivity index (χ0n) is 11.0. The third-order valence-corrected chi connectivity index (χ3v) is 3.70. The number of nitrogens with one attached hydrogen (secondary N) is 3. The monoisotopic (exact) mass is 256 g/mol. The lowest BCUT2D eigenvalue weighted by Gasteiger charge is -2.20. The van der Waals surface area contributed by atoms with Crippen LogP contribution in [0.5, 0.6) is 0 Å². The second kappa shape index (κ2) is 5.99. The highest BCUT2D eigenvalue weighted by molar-refractivity contribution is 5.26. The van der Waals surface area contributed by atoms with Crippen molar-refractivity contribution in [1.82, 2.24) is 20.8 Å². The van der Waals surface area contributed by atoms with Crippen LogP contribution in [0.15, 0.2) is 42.6 Å². The van der Waals surface area contributed by atoms with Gasteiger partial charge in [0, 0.05) is 18.8 Å². The predicted octanol–water partition coefficient (Wildman–Crippen LogP) is 1.84. The summed E-state index contributed by atoms with van der Waals surface area (Å²) in [6.07, 6.45) is 4.35. The van der Waals surface area contributed by atoms with Gasteiger partial charge in [-0.2, -0.15) is 5.10 Å². The fourth-order valence-corrected chi connectivity index (χ4v) is 2.67. The molecule has 100 valence electrons. The van der Waals surface area contributed by atoms with Crippen LogP contribution < -0.4 is 10.6 Å². The fraction of sp³-hybridized carbons (Fsp3) is 0.400. The lowest BCUT2D eigenvalue weighted by atomic mass is 10.0. The van der Waals surface area contributed by atoms with Gasteiger partial charge in [-0.3, -0.25) is 5.10 Å². The smallest absolute Gasteiger partial charge is 0.0746 e. The molecule has 1 saturated heterocycles. The fourth-order valence-electron chi connectivity index (χ4n) is 2.67. The molecule has 0 spiro atoms. The summed E-state index contributed by atoms with van der Waals surface area (Å²) in [7, 11) is 0. The Hall–Kier alpha value is -1.65. The van der Waals surface area contributed by atoms with Crippen molar-refractivity contribution in [3.8, 4) is 0 Å². The number of hydrogen-bond acceptors (Lipinski definition) is 3. The van der Waals surface area contributed by atoms with E-state index in [2.05, 4.69) is 45.1 Å². The zero-order chi connectivity index (χ0) is 12.9. The van der Waals surface area contributed by atoms with Crippen LogP contribution in [0.3, 0.4) is 0 Å². The Balaban J connectivity index is 1.73. The first-order valence-corrected chi connectivity index (χ1v) is 6.94. The maximum Gasteiger partial charge on any atom is 0.0746 e. The van der Waals surface area contributed by atoms with E-state index in [4.69, 9.17) is 0 Å². The molecule has 2 unspecified atom stereocenters.